The van der Waals surface area contributed by atoms with Crippen LogP contribution in [0.4, 0.5) is 15.8 Å². The average molecular weight is 404 g/mol. The number of fused-ring (bicyclic) bond motifs is 1. The number of anilines is 2. The van der Waals surface area contributed by atoms with Crippen molar-refractivity contribution in [2.75, 3.05) is 22.9 Å². The van der Waals surface area contributed by atoms with E-state index >= 15 is 0 Å². The van der Waals surface area contributed by atoms with Gasteiger partial charge >= 0.3 is 0 Å². The van der Waals surface area contributed by atoms with Gasteiger partial charge in [-0.05, 0) is 37.3 Å². The van der Waals surface area contributed by atoms with E-state index in [-0.39, 0.29) is 18.0 Å². The Labute approximate surface area is 174 Å². The van der Waals surface area contributed by atoms with Gasteiger partial charge in [0.1, 0.15) is 12.4 Å². The van der Waals surface area contributed by atoms with Gasteiger partial charge in [0.2, 0.25) is 5.91 Å². The summed E-state index contributed by atoms with van der Waals surface area (Å²) in [5, 5.41) is 11.4. The predicted octanol–water partition coefficient (Wildman–Crippen LogP) is 3.46. The fourth-order valence-electron chi connectivity index (χ4n) is 3.92. The van der Waals surface area contributed by atoms with Gasteiger partial charge in [0.05, 0.1) is 5.69 Å². The Hall–Kier alpha value is -3.51. The molecule has 1 aliphatic rings. The Balaban J connectivity index is 1.71. The Morgan fingerprint density at radius 1 is 1.03 bits per heavy atom. The fraction of sp³-hybridized carbons (Fsp3) is 0.167. The molecule has 1 N–H and O–H groups in total. The van der Waals surface area contributed by atoms with Gasteiger partial charge in [-0.2, -0.15) is 0 Å². The average Bonchev–Trinajstić information content (AvgIpc) is 2.98. The van der Waals surface area contributed by atoms with E-state index in [2.05, 4.69) is 0 Å². The standard InChI is InChI=1S/C24H21FN2O3/c1-2-26(19-11-4-3-5-12-19)22(28)16-27-21-14-7-6-13-20(21)24(30,23(27)29)17-9-8-10-18(25)15-17/h3-15,30H,2,16H2,1H3. The zero-order valence-corrected chi connectivity index (χ0v) is 16.5. The Morgan fingerprint density at radius 3 is 2.43 bits per heavy atom. The minimum Gasteiger partial charge on any atom is -0.372 e. The van der Waals surface area contributed by atoms with E-state index in [9.17, 15) is 19.1 Å². The lowest BCUT2D eigenvalue weighted by atomic mass is 9.87. The van der Waals surface area contributed by atoms with Crippen LogP contribution in [0.1, 0.15) is 18.1 Å². The lowest BCUT2D eigenvalue weighted by molar-refractivity contribution is -0.133. The molecule has 2 amide bonds. The highest BCUT2D eigenvalue weighted by Crippen LogP contribution is 2.44. The van der Waals surface area contributed by atoms with E-state index in [1.807, 2.05) is 37.3 Å². The smallest absolute Gasteiger partial charge is 0.268 e. The maximum Gasteiger partial charge on any atom is 0.268 e. The first-order valence-electron chi connectivity index (χ1n) is 9.72. The van der Waals surface area contributed by atoms with E-state index in [0.717, 1.165) is 11.8 Å². The van der Waals surface area contributed by atoms with Gasteiger partial charge in [0.25, 0.3) is 5.91 Å². The highest BCUT2D eigenvalue weighted by molar-refractivity contribution is 6.13. The van der Waals surface area contributed by atoms with Gasteiger partial charge in [-0.1, -0.05) is 48.5 Å². The number of hydrogen-bond acceptors (Lipinski definition) is 3. The first-order chi connectivity index (χ1) is 14.5. The topological polar surface area (TPSA) is 60.9 Å². The lowest BCUT2D eigenvalue weighted by Crippen LogP contribution is -2.46. The molecule has 30 heavy (non-hydrogen) atoms. The van der Waals surface area contributed by atoms with Crippen LogP contribution in [0.3, 0.4) is 0 Å². The molecule has 1 aliphatic heterocycles. The Kier molecular flexibility index (Phi) is 5.10. The van der Waals surface area contributed by atoms with Crippen molar-refractivity contribution in [2.24, 2.45) is 0 Å². The molecule has 5 nitrogen and oxygen atoms in total. The summed E-state index contributed by atoms with van der Waals surface area (Å²) in [7, 11) is 0. The maximum atomic E-state index is 13.8. The minimum atomic E-state index is -2.05. The largest absolute Gasteiger partial charge is 0.372 e. The summed E-state index contributed by atoms with van der Waals surface area (Å²) in [6.07, 6.45) is 0. The highest BCUT2D eigenvalue weighted by Gasteiger charge is 2.51. The summed E-state index contributed by atoms with van der Waals surface area (Å²) in [5.74, 6) is -1.51. The molecule has 152 valence electrons. The molecule has 0 spiro atoms. The number of halogens is 1. The van der Waals surface area contributed by atoms with Gasteiger partial charge in [-0.3, -0.25) is 14.5 Å². The maximum absolute atomic E-state index is 13.8. The number of nitrogens with zero attached hydrogens (tertiary/aromatic N) is 2. The monoisotopic (exact) mass is 404 g/mol. The summed E-state index contributed by atoms with van der Waals surface area (Å²) in [5.41, 5.74) is -0.429. The molecule has 6 heteroatoms. The molecule has 0 fully saturated rings. The molecule has 0 saturated carbocycles. The molecule has 4 rings (SSSR count). The van der Waals surface area contributed by atoms with Crippen LogP contribution < -0.4 is 9.80 Å². The van der Waals surface area contributed by atoms with Gasteiger partial charge in [-0.15, -0.1) is 0 Å². The van der Waals surface area contributed by atoms with E-state index in [0.29, 0.717) is 17.8 Å². The number of aliphatic hydroxyl groups is 1. The number of benzene rings is 3. The molecule has 0 aliphatic carbocycles. The quantitative estimate of drug-likeness (QED) is 0.709. The van der Waals surface area contributed by atoms with Crippen molar-refractivity contribution in [3.05, 3.63) is 95.8 Å². The van der Waals surface area contributed by atoms with Crippen molar-refractivity contribution in [2.45, 2.75) is 12.5 Å². The van der Waals surface area contributed by atoms with Crippen molar-refractivity contribution in [3.8, 4) is 0 Å². The molecule has 0 bridgehead atoms. The van der Waals surface area contributed by atoms with Crippen LogP contribution in [0.5, 0.6) is 0 Å². The van der Waals surface area contributed by atoms with Gasteiger partial charge in [0.15, 0.2) is 5.60 Å². The van der Waals surface area contributed by atoms with Crippen molar-refractivity contribution in [1.29, 1.82) is 0 Å². The first-order valence-corrected chi connectivity index (χ1v) is 9.72. The van der Waals surface area contributed by atoms with Crippen LogP contribution in [0.2, 0.25) is 0 Å². The number of carbonyl (C=O) groups excluding carboxylic acids is 2. The van der Waals surface area contributed by atoms with Crippen LogP contribution >= 0.6 is 0 Å². The summed E-state index contributed by atoms with van der Waals surface area (Å²) in [6.45, 7) is 2.05. The minimum absolute atomic E-state index is 0.130. The zero-order chi connectivity index (χ0) is 21.3. The van der Waals surface area contributed by atoms with Crippen molar-refractivity contribution in [3.63, 3.8) is 0 Å². The number of rotatable bonds is 5. The van der Waals surface area contributed by atoms with Gasteiger partial charge in [-0.25, -0.2) is 4.39 Å². The third kappa shape index (κ3) is 3.15. The normalized spacial score (nSPS) is 17.7. The van der Waals surface area contributed by atoms with Crippen LogP contribution in [-0.4, -0.2) is 30.0 Å². The number of carbonyl (C=O) groups is 2. The summed E-state index contributed by atoms with van der Waals surface area (Å²) in [6, 6.07) is 21.3. The Bertz CT molecular complexity index is 1100. The number of amides is 2. The Morgan fingerprint density at radius 2 is 1.73 bits per heavy atom. The number of hydrogen-bond donors (Lipinski definition) is 1. The van der Waals surface area contributed by atoms with Crippen LogP contribution in [0, 0.1) is 5.82 Å². The second-order valence-corrected chi connectivity index (χ2v) is 7.10. The van der Waals surface area contributed by atoms with Crippen molar-refractivity contribution in [1.82, 2.24) is 0 Å². The van der Waals surface area contributed by atoms with Gasteiger partial charge < -0.3 is 10.0 Å². The van der Waals surface area contributed by atoms with E-state index in [4.69, 9.17) is 0 Å². The third-order valence-electron chi connectivity index (χ3n) is 5.36. The first kappa shape index (κ1) is 19.8. The molecule has 0 aromatic heterocycles. The number of likely N-dealkylation sites (N-methyl/N-ethyl adjacent to an activating group) is 1. The van der Waals surface area contributed by atoms with Crippen LogP contribution in [0.15, 0.2) is 78.9 Å². The fourth-order valence-corrected chi connectivity index (χ4v) is 3.92. The predicted molar refractivity (Wildman–Crippen MR) is 113 cm³/mol. The summed E-state index contributed by atoms with van der Waals surface area (Å²) < 4.78 is 13.8. The number of para-hydroxylation sites is 2. The van der Waals surface area contributed by atoms with E-state index in [1.54, 1.807) is 29.2 Å². The SMILES string of the molecule is CCN(C(=O)CN1C(=O)C(O)(c2cccc(F)c2)c2ccccc21)c1ccccc1. The van der Waals surface area contributed by atoms with Crippen molar-refractivity contribution < 1.29 is 19.1 Å². The third-order valence-corrected chi connectivity index (χ3v) is 5.36. The van der Waals surface area contributed by atoms with Crippen LogP contribution in [0.25, 0.3) is 0 Å². The molecule has 1 atom stereocenters. The van der Waals surface area contributed by atoms with Gasteiger partial charge in [0, 0.05) is 23.4 Å². The van der Waals surface area contributed by atoms with E-state index < -0.39 is 17.3 Å². The molecule has 0 saturated heterocycles. The van der Waals surface area contributed by atoms with E-state index in [1.165, 1.54) is 23.1 Å². The molecule has 1 heterocycles. The van der Waals surface area contributed by atoms with Crippen LogP contribution in [-0.2, 0) is 15.2 Å². The zero-order valence-electron chi connectivity index (χ0n) is 16.5. The molecule has 3 aromatic carbocycles. The molecular weight excluding hydrogens is 383 g/mol. The second-order valence-electron chi connectivity index (χ2n) is 7.10. The van der Waals surface area contributed by atoms with Crippen molar-refractivity contribution >= 4 is 23.2 Å². The lowest BCUT2D eigenvalue weighted by Gasteiger charge is -2.26. The highest BCUT2D eigenvalue weighted by atomic mass is 19.1. The molecule has 0 radical (unpaired) electrons. The molecule has 1 unspecified atom stereocenters. The molecule has 3 aromatic rings. The second kappa shape index (κ2) is 7.72. The molecular formula is C24H21FN2O3. The summed E-state index contributed by atoms with van der Waals surface area (Å²) >= 11 is 0. The summed E-state index contributed by atoms with van der Waals surface area (Å²) in [4.78, 5) is 29.3.